The number of para-hydroxylation sites is 1. The molecule has 0 aliphatic rings. The smallest absolute Gasteiger partial charge is 0.119 e. The normalized spacial score (nSPS) is 9.92. The van der Waals surface area contributed by atoms with Gasteiger partial charge >= 0.3 is 0 Å². The van der Waals surface area contributed by atoms with E-state index in [9.17, 15) is 0 Å². The molecule has 0 bridgehead atoms. The molecule has 1 aromatic heterocycles. The van der Waals surface area contributed by atoms with Crippen LogP contribution in [0.15, 0.2) is 23.2 Å². The maximum absolute atomic E-state index is 4.55. The summed E-state index contributed by atoms with van der Waals surface area (Å²) < 4.78 is 0. The van der Waals surface area contributed by atoms with Crippen LogP contribution in [0.5, 0.6) is 0 Å². The van der Waals surface area contributed by atoms with Crippen LogP contribution >= 0.6 is 12.2 Å². The van der Waals surface area contributed by atoms with Gasteiger partial charge < -0.3 is 0 Å². The van der Waals surface area contributed by atoms with E-state index >= 15 is 0 Å². The Bertz CT molecular complexity index is 495. The third-order valence-electron chi connectivity index (χ3n) is 1.92. The van der Waals surface area contributed by atoms with Gasteiger partial charge in [-0.2, -0.15) is 10.1 Å². The number of fused-ring (bicyclic) bond motifs is 1. The molecule has 2 rings (SSSR count). The Balaban J connectivity index is 2.84. The molecule has 2 aromatic rings. The fourth-order valence-electron chi connectivity index (χ4n) is 1.29. The molecule has 0 radical (unpaired) electrons. The molecule has 0 fully saturated rings. The van der Waals surface area contributed by atoms with E-state index in [1.165, 1.54) is 0 Å². The minimum Gasteiger partial charge on any atom is -0.282 e. The predicted molar refractivity (Wildman–Crippen MR) is 55.5 cm³/mol. The first-order valence-corrected chi connectivity index (χ1v) is 4.25. The topological polar surface area (TPSA) is 41.0 Å². The molecule has 13 heavy (non-hydrogen) atoms. The van der Waals surface area contributed by atoms with Gasteiger partial charge in [0.15, 0.2) is 0 Å². The molecule has 0 saturated carbocycles. The summed E-state index contributed by atoms with van der Waals surface area (Å²) in [6.45, 7) is 1.97. The maximum atomic E-state index is 4.55. The summed E-state index contributed by atoms with van der Waals surface area (Å²) in [5.74, 6) is 0. The van der Waals surface area contributed by atoms with Crippen molar-refractivity contribution in [1.29, 1.82) is 0 Å². The van der Waals surface area contributed by atoms with Gasteiger partial charge in [0.2, 0.25) is 0 Å². The Hall–Kier alpha value is -1.51. The molecule has 1 N–H and O–H groups in total. The van der Waals surface area contributed by atoms with Gasteiger partial charge in [0.25, 0.3) is 0 Å². The van der Waals surface area contributed by atoms with Crippen LogP contribution in [0.25, 0.3) is 10.9 Å². The van der Waals surface area contributed by atoms with Crippen molar-refractivity contribution in [2.75, 3.05) is 0 Å². The number of benzene rings is 1. The number of isothiocyanates is 1. The largest absolute Gasteiger partial charge is 0.282 e. The Morgan fingerprint density at radius 2 is 2.38 bits per heavy atom. The second-order valence-corrected chi connectivity index (χ2v) is 2.91. The second-order valence-electron chi connectivity index (χ2n) is 2.73. The van der Waals surface area contributed by atoms with Gasteiger partial charge in [-0.05, 0) is 25.2 Å². The predicted octanol–water partition coefficient (Wildman–Crippen LogP) is 2.61. The maximum Gasteiger partial charge on any atom is 0.119 e. The Labute approximate surface area is 80.5 Å². The number of rotatable bonds is 1. The number of H-pyrrole nitrogens is 1. The lowest BCUT2D eigenvalue weighted by Crippen LogP contribution is -1.70. The third-order valence-corrected chi connectivity index (χ3v) is 2.01. The lowest BCUT2D eigenvalue weighted by molar-refractivity contribution is 1.07. The first-order chi connectivity index (χ1) is 6.33. The molecular weight excluding hydrogens is 182 g/mol. The zero-order chi connectivity index (χ0) is 9.26. The summed E-state index contributed by atoms with van der Waals surface area (Å²) in [6.07, 6.45) is 0. The highest BCUT2D eigenvalue weighted by molar-refractivity contribution is 7.78. The zero-order valence-corrected chi connectivity index (χ0v) is 7.85. The summed E-state index contributed by atoms with van der Waals surface area (Å²) in [5, 5.41) is 10.5. The average molecular weight is 189 g/mol. The van der Waals surface area contributed by atoms with Gasteiger partial charge in [0.1, 0.15) is 11.2 Å². The van der Waals surface area contributed by atoms with Crippen molar-refractivity contribution in [3.63, 3.8) is 0 Å². The molecule has 0 saturated heterocycles. The van der Waals surface area contributed by atoms with E-state index in [4.69, 9.17) is 0 Å². The van der Waals surface area contributed by atoms with E-state index in [-0.39, 0.29) is 0 Å². The van der Waals surface area contributed by atoms with Gasteiger partial charge in [-0.25, -0.2) is 0 Å². The highest BCUT2D eigenvalue weighted by Crippen LogP contribution is 2.24. The number of aliphatic imine (C=N–C) groups is 1. The molecule has 0 unspecified atom stereocenters. The minimum absolute atomic E-state index is 0.761. The lowest BCUT2D eigenvalue weighted by Gasteiger charge is -1.91. The van der Waals surface area contributed by atoms with Crippen molar-refractivity contribution in [1.82, 2.24) is 10.2 Å². The third kappa shape index (κ3) is 1.26. The second kappa shape index (κ2) is 3.09. The van der Waals surface area contributed by atoms with E-state index in [0.717, 1.165) is 22.3 Å². The standard InChI is InChI=1S/C9H7N3S/c1-6-7-3-2-4-8(10-5-13)9(7)12-11-6/h2-4H,1H3,(H,11,12). The van der Waals surface area contributed by atoms with Crippen LogP contribution in [0.3, 0.4) is 0 Å². The fraction of sp³-hybridized carbons (Fsp3) is 0.111. The van der Waals surface area contributed by atoms with Crippen LogP contribution in [0.2, 0.25) is 0 Å². The molecule has 0 aliphatic carbocycles. The van der Waals surface area contributed by atoms with Crippen molar-refractivity contribution in [3.8, 4) is 0 Å². The molecular formula is C9H7N3S. The molecule has 0 amide bonds. The Morgan fingerprint density at radius 3 is 3.15 bits per heavy atom. The van der Waals surface area contributed by atoms with E-state index in [1.54, 1.807) is 0 Å². The molecule has 4 heteroatoms. The van der Waals surface area contributed by atoms with Crippen molar-refractivity contribution >= 4 is 34.0 Å². The average Bonchev–Trinajstić information content (AvgIpc) is 2.50. The van der Waals surface area contributed by atoms with E-state index in [2.05, 4.69) is 32.6 Å². The molecule has 0 atom stereocenters. The monoisotopic (exact) mass is 189 g/mol. The molecule has 64 valence electrons. The quantitative estimate of drug-likeness (QED) is 0.553. The summed E-state index contributed by atoms with van der Waals surface area (Å²) in [5.41, 5.74) is 2.64. The number of aryl methyl sites for hydroxylation is 1. The zero-order valence-electron chi connectivity index (χ0n) is 7.03. The Kier molecular flexibility index (Phi) is 1.93. The van der Waals surface area contributed by atoms with E-state index in [0.29, 0.717) is 0 Å². The van der Waals surface area contributed by atoms with Crippen molar-refractivity contribution in [2.24, 2.45) is 4.99 Å². The first kappa shape index (κ1) is 8.10. The summed E-state index contributed by atoms with van der Waals surface area (Å²) in [6, 6.07) is 5.79. The first-order valence-electron chi connectivity index (χ1n) is 3.84. The molecule has 0 spiro atoms. The van der Waals surface area contributed by atoms with Crippen LogP contribution in [0, 0.1) is 6.92 Å². The molecule has 1 aromatic carbocycles. The summed E-state index contributed by atoms with van der Waals surface area (Å²) in [4.78, 5) is 3.93. The van der Waals surface area contributed by atoms with E-state index < -0.39 is 0 Å². The number of hydrogen-bond donors (Lipinski definition) is 1. The van der Waals surface area contributed by atoms with Gasteiger partial charge in [0, 0.05) is 11.1 Å². The minimum atomic E-state index is 0.761. The molecule has 1 heterocycles. The van der Waals surface area contributed by atoms with Gasteiger partial charge in [-0.15, -0.1) is 0 Å². The highest BCUT2D eigenvalue weighted by atomic mass is 32.1. The number of aromatic amines is 1. The van der Waals surface area contributed by atoms with Gasteiger partial charge in [-0.1, -0.05) is 12.1 Å². The van der Waals surface area contributed by atoms with Crippen molar-refractivity contribution < 1.29 is 0 Å². The number of thiocarbonyl (C=S) groups is 1. The van der Waals surface area contributed by atoms with Gasteiger partial charge in [-0.3, -0.25) is 5.10 Å². The SMILES string of the molecule is Cc1[nH]nc2c(N=C=S)cccc12. The van der Waals surface area contributed by atoms with Crippen LogP contribution < -0.4 is 0 Å². The lowest BCUT2D eigenvalue weighted by atomic mass is 10.2. The van der Waals surface area contributed by atoms with Crippen molar-refractivity contribution in [3.05, 3.63) is 23.9 Å². The van der Waals surface area contributed by atoms with Crippen LogP contribution in [-0.4, -0.2) is 15.4 Å². The number of nitrogens with one attached hydrogen (secondary N) is 1. The fourth-order valence-corrected chi connectivity index (χ4v) is 1.39. The molecule has 0 aliphatic heterocycles. The number of hydrogen-bond acceptors (Lipinski definition) is 3. The van der Waals surface area contributed by atoms with Gasteiger partial charge in [0.05, 0.1) is 5.16 Å². The number of aromatic nitrogens is 2. The summed E-state index contributed by atoms with van der Waals surface area (Å²) >= 11 is 4.55. The van der Waals surface area contributed by atoms with E-state index in [1.807, 2.05) is 25.1 Å². The van der Waals surface area contributed by atoms with Crippen LogP contribution in [0.4, 0.5) is 5.69 Å². The Morgan fingerprint density at radius 1 is 1.54 bits per heavy atom. The molecule has 3 nitrogen and oxygen atoms in total. The number of nitrogens with zero attached hydrogens (tertiary/aromatic N) is 2. The van der Waals surface area contributed by atoms with Crippen molar-refractivity contribution in [2.45, 2.75) is 6.92 Å². The summed E-state index contributed by atoms with van der Waals surface area (Å²) in [7, 11) is 0. The van der Waals surface area contributed by atoms with Crippen LogP contribution in [0.1, 0.15) is 5.69 Å². The highest BCUT2D eigenvalue weighted by Gasteiger charge is 2.04. The van der Waals surface area contributed by atoms with Crippen LogP contribution in [-0.2, 0) is 0 Å².